The van der Waals surface area contributed by atoms with Crippen LogP contribution in [0, 0.1) is 18.3 Å². The second kappa shape index (κ2) is 10.5. The third kappa shape index (κ3) is 5.40. The molecule has 10 heteroatoms. The summed E-state index contributed by atoms with van der Waals surface area (Å²) < 4.78 is 11.1. The van der Waals surface area contributed by atoms with Gasteiger partial charge in [0.15, 0.2) is 22.4 Å². The van der Waals surface area contributed by atoms with E-state index < -0.39 is 11.8 Å². The Balaban J connectivity index is 1.80. The average Bonchev–Trinajstić information content (AvgIpc) is 3.00. The number of thiocarbonyl (C=S) groups is 1. The second-order valence-electron chi connectivity index (χ2n) is 6.53. The molecule has 0 aliphatic carbocycles. The lowest BCUT2D eigenvalue weighted by Crippen LogP contribution is -2.44. The highest BCUT2D eigenvalue weighted by Crippen LogP contribution is 2.34. The highest BCUT2D eigenvalue weighted by molar-refractivity contribution is 8.26. The topological polar surface area (TPSA) is 91.7 Å². The molecule has 1 aliphatic heterocycles. The Morgan fingerprint density at radius 1 is 1.28 bits per heavy atom. The Labute approximate surface area is 199 Å². The third-order valence-corrected chi connectivity index (χ3v) is 5.85. The molecule has 3 rings (SSSR count). The molecule has 1 saturated heterocycles. The van der Waals surface area contributed by atoms with Crippen LogP contribution in [0.2, 0.25) is 5.02 Å². The Kier molecular flexibility index (Phi) is 7.75. The quantitative estimate of drug-likeness (QED) is 0.454. The van der Waals surface area contributed by atoms with E-state index >= 15 is 0 Å². The number of rotatable bonds is 7. The van der Waals surface area contributed by atoms with E-state index in [1.165, 1.54) is 0 Å². The Morgan fingerprint density at radius 3 is 2.75 bits per heavy atom. The molecule has 1 fully saturated rings. The van der Waals surface area contributed by atoms with Crippen LogP contribution >= 0.6 is 35.6 Å². The molecule has 0 unspecified atom stereocenters. The maximum Gasteiger partial charge on any atom is 0.285 e. The summed E-state index contributed by atoms with van der Waals surface area (Å²) in [7, 11) is 0. The van der Waals surface area contributed by atoms with Gasteiger partial charge in [0.2, 0.25) is 0 Å². The van der Waals surface area contributed by atoms with Crippen molar-refractivity contribution in [2.24, 2.45) is 0 Å². The number of nitrogens with zero attached hydrogens (tertiary/aromatic N) is 2. The van der Waals surface area contributed by atoms with Gasteiger partial charge < -0.3 is 9.47 Å². The van der Waals surface area contributed by atoms with Gasteiger partial charge >= 0.3 is 0 Å². The largest absolute Gasteiger partial charge is 0.490 e. The van der Waals surface area contributed by atoms with Crippen LogP contribution in [0.25, 0.3) is 6.08 Å². The first kappa shape index (κ1) is 23.6. The fraction of sp³-hybridized carbons (Fsp3) is 0.182. The predicted molar refractivity (Wildman–Crippen MR) is 127 cm³/mol. The summed E-state index contributed by atoms with van der Waals surface area (Å²) in [6.07, 6.45) is 1.64. The Morgan fingerprint density at radius 2 is 2.06 bits per heavy atom. The highest BCUT2D eigenvalue weighted by atomic mass is 35.5. The minimum Gasteiger partial charge on any atom is -0.490 e. The first-order valence-electron chi connectivity index (χ1n) is 9.45. The second-order valence-corrected chi connectivity index (χ2v) is 8.61. The smallest absolute Gasteiger partial charge is 0.285 e. The first-order chi connectivity index (χ1) is 15.3. The summed E-state index contributed by atoms with van der Waals surface area (Å²) >= 11 is 12.5. The molecule has 32 heavy (non-hydrogen) atoms. The predicted octanol–water partition coefficient (Wildman–Crippen LogP) is 4.50. The molecule has 7 nitrogen and oxygen atoms in total. The normalized spacial score (nSPS) is 14.4. The van der Waals surface area contributed by atoms with Gasteiger partial charge in [-0.2, -0.15) is 10.3 Å². The van der Waals surface area contributed by atoms with E-state index in [1.54, 1.807) is 42.5 Å². The number of ether oxygens (including phenoxy) is 2. The van der Waals surface area contributed by atoms with Crippen molar-refractivity contribution in [3.05, 3.63) is 63.0 Å². The summed E-state index contributed by atoms with van der Waals surface area (Å²) in [6.45, 7) is 3.99. The fourth-order valence-electron chi connectivity index (χ4n) is 2.79. The number of halogens is 1. The summed E-state index contributed by atoms with van der Waals surface area (Å²) in [5, 5.41) is 10.0. The van der Waals surface area contributed by atoms with Gasteiger partial charge in [-0.1, -0.05) is 35.5 Å². The van der Waals surface area contributed by atoms with Crippen molar-refractivity contribution in [2.45, 2.75) is 13.8 Å². The molecular formula is C22H18ClN3O4S2. The lowest BCUT2D eigenvalue weighted by molar-refractivity contribution is -0.123. The number of benzene rings is 2. The maximum atomic E-state index is 12.9. The number of carbonyl (C=O) groups excluding carboxylic acids is 2. The molecule has 0 aromatic heterocycles. The Bertz CT molecular complexity index is 1160. The molecule has 1 aliphatic rings. The SMILES string of the molecule is CCOc1cc(C=C2SC(=S)N(NC(=O)c3ccc(C)cc3Cl)C2=O)ccc1OCC#N. The molecule has 0 radical (unpaired) electrons. The summed E-state index contributed by atoms with van der Waals surface area (Å²) in [5.74, 6) is -0.112. The van der Waals surface area contributed by atoms with Gasteiger partial charge in [-0.15, -0.1) is 0 Å². The molecular weight excluding hydrogens is 470 g/mol. The number of carbonyl (C=O) groups is 2. The molecule has 1 N–H and O–H groups in total. The first-order valence-corrected chi connectivity index (χ1v) is 11.1. The number of hydrogen-bond donors (Lipinski definition) is 1. The van der Waals surface area contributed by atoms with Crippen molar-refractivity contribution in [3.8, 4) is 17.6 Å². The van der Waals surface area contributed by atoms with Crippen LogP contribution in [0.15, 0.2) is 41.3 Å². The van der Waals surface area contributed by atoms with Crippen molar-refractivity contribution in [3.63, 3.8) is 0 Å². The standard InChI is InChI=1S/C22H18ClN3O4S2/c1-3-29-18-11-14(5-7-17(18)30-9-8-24)12-19-21(28)26(22(31)32-19)25-20(27)15-6-4-13(2)10-16(15)23/h4-7,10-12H,3,9H2,1-2H3,(H,25,27). The molecule has 1 heterocycles. The van der Waals surface area contributed by atoms with Gasteiger partial charge in [-0.3, -0.25) is 15.0 Å². The summed E-state index contributed by atoms with van der Waals surface area (Å²) in [5.41, 5.74) is 4.34. The van der Waals surface area contributed by atoms with E-state index in [0.717, 1.165) is 22.3 Å². The molecule has 0 saturated carbocycles. The van der Waals surface area contributed by atoms with E-state index in [0.29, 0.717) is 28.6 Å². The number of amides is 2. The van der Waals surface area contributed by atoms with Crippen molar-refractivity contribution in [1.82, 2.24) is 10.4 Å². The lowest BCUT2D eigenvalue weighted by atomic mass is 10.1. The zero-order valence-corrected chi connectivity index (χ0v) is 19.6. The van der Waals surface area contributed by atoms with E-state index in [1.807, 2.05) is 19.9 Å². The van der Waals surface area contributed by atoms with Crippen molar-refractivity contribution in [2.75, 3.05) is 13.2 Å². The van der Waals surface area contributed by atoms with Crippen LogP contribution in [0.3, 0.4) is 0 Å². The van der Waals surface area contributed by atoms with Crippen LogP contribution in [0.5, 0.6) is 11.5 Å². The van der Waals surface area contributed by atoms with Gasteiger partial charge in [0.05, 0.1) is 22.1 Å². The van der Waals surface area contributed by atoms with Gasteiger partial charge in [0.25, 0.3) is 11.8 Å². The van der Waals surface area contributed by atoms with E-state index in [9.17, 15) is 9.59 Å². The molecule has 2 aromatic rings. The fourth-order valence-corrected chi connectivity index (χ4v) is 4.29. The molecule has 2 amide bonds. The number of aryl methyl sites for hydroxylation is 1. The number of hydrogen-bond acceptors (Lipinski definition) is 7. The number of nitrogens with one attached hydrogen (secondary N) is 1. The van der Waals surface area contributed by atoms with E-state index in [4.69, 9.17) is 38.6 Å². The van der Waals surface area contributed by atoms with Crippen LogP contribution in [0.1, 0.15) is 28.4 Å². The van der Waals surface area contributed by atoms with Gasteiger partial charge in [-0.25, -0.2) is 0 Å². The molecule has 0 atom stereocenters. The van der Waals surface area contributed by atoms with Crippen LogP contribution in [-0.4, -0.2) is 34.4 Å². The van der Waals surface area contributed by atoms with Crippen LogP contribution in [0.4, 0.5) is 0 Å². The zero-order valence-electron chi connectivity index (χ0n) is 17.2. The zero-order chi connectivity index (χ0) is 23.3. The van der Waals surface area contributed by atoms with Gasteiger partial charge in [0, 0.05) is 0 Å². The number of hydrazine groups is 1. The third-order valence-electron chi connectivity index (χ3n) is 4.23. The summed E-state index contributed by atoms with van der Waals surface area (Å²) in [4.78, 5) is 25.8. The van der Waals surface area contributed by atoms with Crippen LogP contribution in [-0.2, 0) is 4.79 Å². The minimum absolute atomic E-state index is 0.108. The van der Waals surface area contributed by atoms with E-state index in [-0.39, 0.29) is 21.5 Å². The summed E-state index contributed by atoms with van der Waals surface area (Å²) in [6, 6.07) is 12.0. The Hall–Kier alpha value is -3.06. The monoisotopic (exact) mass is 487 g/mol. The number of nitriles is 1. The molecule has 0 bridgehead atoms. The van der Waals surface area contributed by atoms with Crippen molar-refractivity contribution < 1.29 is 19.1 Å². The lowest BCUT2D eigenvalue weighted by Gasteiger charge is -2.16. The van der Waals surface area contributed by atoms with Crippen LogP contribution < -0.4 is 14.9 Å². The van der Waals surface area contributed by atoms with Gasteiger partial charge in [0.1, 0.15) is 6.07 Å². The highest BCUT2D eigenvalue weighted by Gasteiger charge is 2.34. The van der Waals surface area contributed by atoms with Gasteiger partial charge in [-0.05, 0) is 67.5 Å². The minimum atomic E-state index is -0.537. The van der Waals surface area contributed by atoms with Crippen molar-refractivity contribution >= 4 is 57.8 Å². The number of thioether (sulfide) groups is 1. The molecule has 0 spiro atoms. The average molecular weight is 488 g/mol. The van der Waals surface area contributed by atoms with E-state index in [2.05, 4.69) is 5.43 Å². The molecule has 164 valence electrons. The van der Waals surface area contributed by atoms with Crippen molar-refractivity contribution in [1.29, 1.82) is 5.26 Å². The molecule has 2 aromatic carbocycles. The maximum absolute atomic E-state index is 12.9.